The maximum atomic E-state index is 12.3. The first kappa shape index (κ1) is 11.8. The van der Waals surface area contributed by atoms with Gasteiger partial charge in [0.05, 0.1) is 0 Å². The van der Waals surface area contributed by atoms with E-state index in [4.69, 9.17) is 0 Å². The van der Waals surface area contributed by atoms with Crippen LogP contribution in [0.2, 0.25) is 0 Å². The van der Waals surface area contributed by atoms with E-state index < -0.39 is 0 Å². The van der Waals surface area contributed by atoms with Gasteiger partial charge in [-0.15, -0.1) is 0 Å². The first-order valence-corrected chi connectivity index (χ1v) is 6.88. The highest BCUT2D eigenvalue weighted by molar-refractivity contribution is 5.93. The summed E-state index contributed by atoms with van der Waals surface area (Å²) in [4.78, 5) is 12.3. The summed E-state index contributed by atoms with van der Waals surface area (Å²) in [5.41, 5.74) is 0.871. The molecule has 2 heterocycles. The van der Waals surface area contributed by atoms with Crippen LogP contribution in [0.1, 0.15) is 49.1 Å². The van der Waals surface area contributed by atoms with Gasteiger partial charge >= 0.3 is 0 Å². The topological polar surface area (TPSA) is 46.1 Å². The summed E-state index contributed by atoms with van der Waals surface area (Å²) in [5, 5.41) is 6.50. The van der Waals surface area contributed by atoms with E-state index in [1.165, 1.54) is 0 Å². The number of hydrogen-bond donors (Lipinski definition) is 2. The van der Waals surface area contributed by atoms with Crippen molar-refractivity contribution < 1.29 is 4.79 Å². The van der Waals surface area contributed by atoms with E-state index in [1.54, 1.807) is 0 Å². The zero-order valence-corrected chi connectivity index (χ0v) is 10.9. The molecule has 1 aromatic rings. The zero-order chi connectivity index (χ0) is 12.6. The molecule has 1 saturated carbocycles. The van der Waals surface area contributed by atoms with Crippen molar-refractivity contribution >= 4 is 5.91 Å². The molecular formula is C14H21N3O. The smallest absolute Gasteiger partial charge is 0.268 e. The minimum absolute atomic E-state index is 0.0559. The molecule has 1 aromatic heterocycles. The van der Waals surface area contributed by atoms with E-state index >= 15 is 0 Å². The number of amides is 1. The third-order valence-electron chi connectivity index (χ3n) is 4.13. The van der Waals surface area contributed by atoms with Crippen molar-refractivity contribution in [1.82, 2.24) is 15.2 Å². The normalized spacial score (nSPS) is 22.7. The average Bonchev–Trinajstić information content (AvgIpc) is 2.94. The maximum Gasteiger partial charge on any atom is 0.268 e. The van der Waals surface area contributed by atoms with Gasteiger partial charge in [-0.25, -0.2) is 0 Å². The van der Waals surface area contributed by atoms with Crippen LogP contribution >= 0.6 is 0 Å². The Bertz CT molecular complexity index is 442. The summed E-state index contributed by atoms with van der Waals surface area (Å²) >= 11 is 0. The standard InChI is InChI=1S/C14H21N3O/c1-14(6-7-14)16-13(18)12-3-2-10-17(12)11-4-8-15-9-5-11/h2-3,10-11,15H,4-9H2,1H3,(H,16,18). The molecule has 1 aliphatic heterocycles. The second kappa shape index (κ2) is 4.43. The molecule has 0 aromatic carbocycles. The number of hydrogen-bond acceptors (Lipinski definition) is 2. The largest absolute Gasteiger partial charge is 0.346 e. The van der Waals surface area contributed by atoms with Crippen LogP contribution in [0.15, 0.2) is 18.3 Å². The number of piperidine rings is 1. The van der Waals surface area contributed by atoms with Crippen LogP contribution in [0.5, 0.6) is 0 Å². The molecule has 2 aliphatic rings. The van der Waals surface area contributed by atoms with Crippen LogP contribution < -0.4 is 10.6 Å². The number of rotatable bonds is 3. The summed E-state index contributed by atoms with van der Waals surface area (Å²) in [6, 6.07) is 4.38. The molecule has 2 N–H and O–H groups in total. The van der Waals surface area contributed by atoms with Crippen LogP contribution in [0.4, 0.5) is 0 Å². The van der Waals surface area contributed by atoms with Gasteiger partial charge in [0.2, 0.25) is 0 Å². The lowest BCUT2D eigenvalue weighted by molar-refractivity contribution is 0.0922. The number of carbonyl (C=O) groups excluding carboxylic acids is 1. The van der Waals surface area contributed by atoms with Crippen molar-refractivity contribution in [3.63, 3.8) is 0 Å². The van der Waals surface area contributed by atoms with Crippen molar-refractivity contribution in [3.05, 3.63) is 24.0 Å². The Labute approximate surface area is 108 Å². The summed E-state index contributed by atoms with van der Waals surface area (Å²) in [6.07, 6.45) is 6.46. The molecule has 2 fully saturated rings. The van der Waals surface area contributed by atoms with Crippen molar-refractivity contribution in [2.75, 3.05) is 13.1 Å². The van der Waals surface area contributed by atoms with E-state index in [2.05, 4.69) is 22.1 Å². The van der Waals surface area contributed by atoms with Crippen molar-refractivity contribution in [3.8, 4) is 0 Å². The maximum absolute atomic E-state index is 12.3. The molecule has 1 aliphatic carbocycles. The van der Waals surface area contributed by atoms with E-state index in [1.807, 2.05) is 18.3 Å². The van der Waals surface area contributed by atoms with Crippen molar-refractivity contribution in [2.24, 2.45) is 0 Å². The number of nitrogens with one attached hydrogen (secondary N) is 2. The van der Waals surface area contributed by atoms with Gasteiger partial charge in [-0.2, -0.15) is 0 Å². The van der Waals surface area contributed by atoms with Gasteiger partial charge in [0.15, 0.2) is 0 Å². The first-order valence-electron chi connectivity index (χ1n) is 6.88. The lowest BCUT2D eigenvalue weighted by atomic mass is 10.1. The molecule has 4 nitrogen and oxygen atoms in total. The van der Waals surface area contributed by atoms with Gasteiger partial charge in [-0.1, -0.05) is 0 Å². The lowest BCUT2D eigenvalue weighted by Gasteiger charge is -2.26. The van der Waals surface area contributed by atoms with Crippen LogP contribution in [0, 0.1) is 0 Å². The summed E-state index contributed by atoms with van der Waals surface area (Å²) in [5.74, 6) is 0.0820. The Morgan fingerprint density at radius 3 is 2.83 bits per heavy atom. The van der Waals surface area contributed by atoms with E-state index in [0.29, 0.717) is 6.04 Å². The highest BCUT2D eigenvalue weighted by Crippen LogP contribution is 2.34. The van der Waals surface area contributed by atoms with Crippen LogP contribution in [-0.4, -0.2) is 29.1 Å². The summed E-state index contributed by atoms with van der Waals surface area (Å²) in [6.45, 7) is 4.20. The van der Waals surface area contributed by atoms with Crippen LogP contribution in [0.25, 0.3) is 0 Å². The Balaban J connectivity index is 1.75. The number of nitrogens with zero attached hydrogens (tertiary/aromatic N) is 1. The SMILES string of the molecule is CC1(NC(=O)c2cccn2C2CCNCC2)CC1. The van der Waals surface area contributed by atoms with Gasteiger partial charge in [0, 0.05) is 17.8 Å². The molecule has 0 bridgehead atoms. The Kier molecular flexibility index (Phi) is 2.90. The molecule has 1 amide bonds. The van der Waals surface area contributed by atoms with E-state index in [-0.39, 0.29) is 11.4 Å². The minimum Gasteiger partial charge on any atom is -0.346 e. The van der Waals surface area contributed by atoms with Crippen molar-refractivity contribution in [1.29, 1.82) is 0 Å². The second-order valence-electron chi connectivity index (χ2n) is 5.80. The Morgan fingerprint density at radius 1 is 1.44 bits per heavy atom. The fraction of sp³-hybridized carbons (Fsp3) is 0.643. The molecule has 1 saturated heterocycles. The lowest BCUT2D eigenvalue weighted by Crippen LogP contribution is -2.37. The fourth-order valence-corrected chi connectivity index (χ4v) is 2.64. The highest BCUT2D eigenvalue weighted by atomic mass is 16.2. The third-order valence-corrected chi connectivity index (χ3v) is 4.13. The van der Waals surface area contributed by atoms with Gasteiger partial charge in [-0.3, -0.25) is 4.79 Å². The van der Waals surface area contributed by atoms with Crippen LogP contribution in [-0.2, 0) is 0 Å². The van der Waals surface area contributed by atoms with E-state index in [9.17, 15) is 4.79 Å². The summed E-state index contributed by atoms with van der Waals surface area (Å²) < 4.78 is 2.15. The predicted octanol–water partition coefficient (Wildman–Crippen LogP) is 1.69. The van der Waals surface area contributed by atoms with Gasteiger partial charge in [-0.05, 0) is 57.8 Å². The molecule has 3 rings (SSSR count). The monoisotopic (exact) mass is 247 g/mol. The molecular weight excluding hydrogens is 226 g/mol. The van der Waals surface area contributed by atoms with Gasteiger partial charge in [0.25, 0.3) is 5.91 Å². The molecule has 98 valence electrons. The fourth-order valence-electron chi connectivity index (χ4n) is 2.64. The molecule has 4 heteroatoms. The van der Waals surface area contributed by atoms with Gasteiger partial charge in [0.1, 0.15) is 5.69 Å². The average molecular weight is 247 g/mol. The minimum atomic E-state index is 0.0559. The Hall–Kier alpha value is -1.29. The molecule has 0 spiro atoms. The number of carbonyl (C=O) groups is 1. The first-order chi connectivity index (χ1) is 8.68. The Morgan fingerprint density at radius 2 is 2.17 bits per heavy atom. The molecule has 18 heavy (non-hydrogen) atoms. The second-order valence-corrected chi connectivity index (χ2v) is 5.80. The molecule has 0 unspecified atom stereocenters. The molecule has 0 atom stereocenters. The highest BCUT2D eigenvalue weighted by Gasteiger charge is 2.39. The predicted molar refractivity (Wildman–Crippen MR) is 70.7 cm³/mol. The zero-order valence-electron chi connectivity index (χ0n) is 10.9. The molecule has 0 radical (unpaired) electrons. The summed E-state index contributed by atoms with van der Waals surface area (Å²) in [7, 11) is 0. The van der Waals surface area contributed by atoms with Crippen LogP contribution in [0.3, 0.4) is 0 Å². The van der Waals surface area contributed by atoms with Crippen molar-refractivity contribution in [2.45, 2.75) is 44.2 Å². The third kappa shape index (κ3) is 2.29. The van der Waals surface area contributed by atoms with Gasteiger partial charge < -0.3 is 15.2 Å². The van der Waals surface area contributed by atoms with E-state index in [0.717, 1.165) is 44.5 Å². The quantitative estimate of drug-likeness (QED) is 0.854. The number of aromatic nitrogens is 1.